The van der Waals surface area contributed by atoms with Crippen LogP contribution in [-0.2, 0) is 11.4 Å². The molecule has 5 nitrogen and oxygen atoms in total. The number of benzene rings is 2. The van der Waals surface area contributed by atoms with Gasteiger partial charge in [0, 0.05) is 7.05 Å². The van der Waals surface area contributed by atoms with E-state index in [9.17, 15) is 4.79 Å². The van der Waals surface area contributed by atoms with Crippen molar-refractivity contribution in [3.8, 4) is 17.2 Å². The van der Waals surface area contributed by atoms with E-state index < -0.39 is 0 Å². The summed E-state index contributed by atoms with van der Waals surface area (Å²) < 4.78 is 17.2. The molecule has 114 valence electrons. The van der Waals surface area contributed by atoms with Gasteiger partial charge in [0.25, 0.3) is 0 Å². The Kier molecular flexibility index (Phi) is 4.14. The van der Waals surface area contributed by atoms with E-state index in [-0.39, 0.29) is 0 Å². The normalized spacial score (nSPS) is 12.6. The monoisotopic (exact) mass is 299 g/mol. The van der Waals surface area contributed by atoms with Crippen molar-refractivity contribution in [2.24, 2.45) is 0 Å². The van der Waals surface area contributed by atoms with Crippen LogP contribution in [-0.4, -0.2) is 26.7 Å². The van der Waals surface area contributed by atoms with E-state index >= 15 is 0 Å². The second-order valence-corrected chi connectivity index (χ2v) is 4.93. The maximum Gasteiger partial charge on any atom is 0.213 e. The van der Waals surface area contributed by atoms with E-state index in [1.165, 1.54) is 4.90 Å². The fourth-order valence-electron chi connectivity index (χ4n) is 2.28. The molecule has 1 aliphatic rings. The van der Waals surface area contributed by atoms with Gasteiger partial charge in [-0.15, -0.1) is 0 Å². The molecule has 0 bridgehead atoms. The molecule has 22 heavy (non-hydrogen) atoms. The summed E-state index contributed by atoms with van der Waals surface area (Å²) in [6, 6.07) is 13.5. The molecule has 0 aromatic heterocycles. The summed E-state index contributed by atoms with van der Waals surface area (Å²) in [6.45, 7) is 1.36. The van der Waals surface area contributed by atoms with E-state index in [1.54, 1.807) is 19.2 Å². The van der Waals surface area contributed by atoms with Crippen LogP contribution in [0.3, 0.4) is 0 Å². The third-order valence-corrected chi connectivity index (χ3v) is 3.41. The molecule has 2 aromatic carbocycles. The van der Waals surface area contributed by atoms with Gasteiger partial charge in [-0.05, 0) is 17.7 Å². The van der Waals surface area contributed by atoms with Crippen LogP contribution in [0, 0.1) is 0 Å². The molecule has 0 saturated heterocycles. The Hall–Kier alpha value is -2.69. The minimum atomic E-state index is 0.444. The average molecular weight is 299 g/mol. The molecule has 0 N–H and O–H groups in total. The Labute approximate surface area is 129 Å². The van der Waals surface area contributed by atoms with Gasteiger partial charge in [0.1, 0.15) is 19.8 Å². The van der Waals surface area contributed by atoms with Crippen LogP contribution in [0.2, 0.25) is 0 Å². The summed E-state index contributed by atoms with van der Waals surface area (Å²) in [5.74, 6) is 1.71. The molecule has 1 amide bonds. The first-order chi connectivity index (χ1) is 10.8. The topological polar surface area (TPSA) is 48.0 Å². The largest absolute Gasteiger partial charge is 0.485 e. The van der Waals surface area contributed by atoms with Crippen LogP contribution in [0.4, 0.5) is 5.69 Å². The molecule has 0 saturated carbocycles. The first kappa shape index (κ1) is 14.3. The van der Waals surface area contributed by atoms with Gasteiger partial charge in [-0.25, -0.2) is 0 Å². The highest BCUT2D eigenvalue weighted by atomic mass is 16.6. The minimum absolute atomic E-state index is 0.444. The molecule has 1 heterocycles. The van der Waals surface area contributed by atoms with Crippen molar-refractivity contribution in [2.75, 3.05) is 25.2 Å². The third kappa shape index (κ3) is 2.83. The second kappa shape index (κ2) is 6.39. The van der Waals surface area contributed by atoms with E-state index in [4.69, 9.17) is 14.2 Å². The van der Waals surface area contributed by atoms with Crippen molar-refractivity contribution >= 4 is 12.1 Å². The van der Waals surface area contributed by atoms with Gasteiger partial charge in [-0.3, -0.25) is 4.79 Å². The smallest absolute Gasteiger partial charge is 0.213 e. The van der Waals surface area contributed by atoms with Crippen LogP contribution >= 0.6 is 0 Å². The Bertz CT molecular complexity index is 657. The molecule has 0 fully saturated rings. The number of carbonyl (C=O) groups excluding carboxylic acids is 1. The fourth-order valence-corrected chi connectivity index (χ4v) is 2.28. The van der Waals surface area contributed by atoms with Crippen LogP contribution in [0.5, 0.6) is 17.2 Å². The highest BCUT2D eigenvalue weighted by Crippen LogP contribution is 2.45. The molecule has 3 rings (SSSR count). The summed E-state index contributed by atoms with van der Waals surface area (Å²) in [5.41, 5.74) is 1.74. The number of hydrogen-bond acceptors (Lipinski definition) is 4. The molecule has 2 aromatic rings. The van der Waals surface area contributed by atoms with Crippen LogP contribution in [0.1, 0.15) is 5.56 Å². The zero-order valence-electron chi connectivity index (χ0n) is 12.3. The summed E-state index contributed by atoms with van der Waals surface area (Å²) in [7, 11) is 1.67. The first-order valence-corrected chi connectivity index (χ1v) is 7.07. The average Bonchev–Trinajstić information content (AvgIpc) is 2.60. The minimum Gasteiger partial charge on any atom is -0.485 e. The number of rotatable bonds is 5. The molecule has 1 aliphatic heterocycles. The molecular weight excluding hydrogens is 282 g/mol. The SMILES string of the molecule is CN(C=O)c1ccc(OCc2ccccc2)c2c1OCCO2. The van der Waals surface area contributed by atoms with Crippen molar-refractivity contribution in [2.45, 2.75) is 6.61 Å². The van der Waals surface area contributed by atoms with Crippen molar-refractivity contribution < 1.29 is 19.0 Å². The van der Waals surface area contributed by atoms with Crippen molar-refractivity contribution in [1.82, 2.24) is 0 Å². The third-order valence-electron chi connectivity index (χ3n) is 3.41. The summed E-state index contributed by atoms with van der Waals surface area (Å²) >= 11 is 0. The Balaban J connectivity index is 1.87. The second-order valence-electron chi connectivity index (χ2n) is 4.93. The number of nitrogens with zero attached hydrogens (tertiary/aromatic N) is 1. The molecule has 0 spiro atoms. The first-order valence-electron chi connectivity index (χ1n) is 7.07. The fraction of sp³-hybridized carbons (Fsp3) is 0.235. The molecule has 0 unspecified atom stereocenters. The van der Waals surface area contributed by atoms with Crippen LogP contribution < -0.4 is 19.1 Å². The zero-order valence-corrected chi connectivity index (χ0v) is 12.3. The Morgan fingerprint density at radius 3 is 2.55 bits per heavy atom. The van der Waals surface area contributed by atoms with Gasteiger partial charge in [0.15, 0.2) is 11.5 Å². The summed E-state index contributed by atoms with van der Waals surface area (Å²) in [6.07, 6.45) is 0.734. The zero-order chi connectivity index (χ0) is 15.4. The van der Waals surface area contributed by atoms with E-state index in [0.29, 0.717) is 42.8 Å². The molecule has 0 atom stereocenters. The molecule has 0 radical (unpaired) electrons. The standard InChI is InChI=1S/C17H17NO4/c1-18(12-19)14-7-8-15(17-16(14)20-9-10-21-17)22-11-13-5-3-2-4-6-13/h2-8,12H,9-11H2,1H3. The van der Waals surface area contributed by atoms with Crippen molar-refractivity contribution in [3.05, 3.63) is 48.0 Å². The lowest BCUT2D eigenvalue weighted by Gasteiger charge is -2.25. The van der Waals surface area contributed by atoms with Gasteiger partial charge >= 0.3 is 0 Å². The predicted molar refractivity (Wildman–Crippen MR) is 82.7 cm³/mol. The maximum atomic E-state index is 11.0. The molecule has 0 aliphatic carbocycles. The quantitative estimate of drug-likeness (QED) is 0.796. The highest BCUT2D eigenvalue weighted by molar-refractivity contribution is 5.81. The molecular formula is C17H17NO4. The number of fused-ring (bicyclic) bond motifs is 1. The van der Waals surface area contributed by atoms with E-state index in [0.717, 1.165) is 12.0 Å². The summed E-state index contributed by atoms with van der Waals surface area (Å²) in [4.78, 5) is 12.4. The van der Waals surface area contributed by atoms with Gasteiger partial charge < -0.3 is 19.1 Å². The maximum absolute atomic E-state index is 11.0. The number of amides is 1. The highest BCUT2D eigenvalue weighted by Gasteiger charge is 2.23. The lowest BCUT2D eigenvalue weighted by molar-refractivity contribution is -0.107. The van der Waals surface area contributed by atoms with E-state index in [1.807, 2.05) is 30.3 Å². The van der Waals surface area contributed by atoms with Crippen molar-refractivity contribution in [3.63, 3.8) is 0 Å². The lowest BCUT2D eigenvalue weighted by atomic mass is 10.2. The van der Waals surface area contributed by atoms with Gasteiger partial charge in [0.05, 0.1) is 5.69 Å². The van der Waals surface area contributed by atoms with Gasteiger partial charge in [0.2, 0.25) is 12.2 Å². The van der Waals surface area contributed by atoms with Crippen molar-refractivity contribution in [1.29, 1.82) is 0 Å². The van der Waals surface area contributed by atoms with Gasteiger partial charge in [-0.2, -0.15) is 0 Å². The number of hydrogen-bond donors (Lipinski definition) is 0. The number of carbonyl (C=O) groups is 1. The summed E-state index contributed by atoms with van der Waals surface area (Å²) in [5, 5.41) is 0. The van der Waals surface area contributed by atoms with Gasteiger partial charge in [-0.1, -0.05) is 30.3 Å². The number of anilines is 1. The van der Waals surface area contributed by atoms with Crippen LogP contribution in [0.25, 0.3) is 0 Å². The van der Waals surface area contributed by atoms with Crippen LogP contribution in [0.15, 0.2) is 42.5 Å². The predicted octanol–water partition coefficient (Wildman–Crippen LogP) is 2.63. The number of ether oxygens (including phenoxy) is 3. The van der Waals surface area contributed by atoms with E-state index in [2.05, 4.69) is 0 Å². The Morgan fingerprint density at radius 1 is 1.09 bits per heavy atom. The molecule has 5 heteroatoms. The lowest BCUT2D eigenvalue weighted by Crippen LogP contribution is -2.21. The Morgan fingerprint density at radius 2 is 1.82 bits per heavy atom.